The number of benzene rings is 2. The van der Waals surface area contributed by atoms with Crippen molar-refractivity contribution in [2.24, 2.45) is 0 Å². The number of anilines is 1. The molecular formula is C22H27FN2OS. The minimum absolute atomic E-state index is 0.142. The van der Waals surface area contributed by atoms with Gasteiger partial charge in [-0.15, -0.1) is 11.8 Å². The lowest BCUT2D eigenvalue weighted by Crippen LogP contribution is -2.49. The van der Waals surface area contributed by atoms with Crippen LogP contribution in [0, 0.1) is 5.82 Å². The van der Waals surface area contributed by atoms with Gasteiger partial charge in [0.2, 0.25) is 5.91 Å². The number of amides is 1. The Hall–Kier alpha value is -2.01. The third-order valence-electron chi connectivity index (χ3n) is 4.91. The van der Waals surface area contributed by atoms with Crippen molar-refractivity contribution in [1.29, 1.82) is 0 Å². The summed E-state index contributed by atoms with van der Waals surface area (Å²) in [5, 5.41) is 0. The molecule has 1 aliphatic heterocycles. The minimum Gasteiger partial charge on any atom is -0.368 e. The number of halogens is 1. The van der Waals surface area contributed by atoms with Gasteiger partial charge in [-0.1, -0.05) is 32.9 Å². The van der Waals surface area contributed by atoms with Gasteiger partial charge in [0.05, 0.1) is 5.75 Å². The van der Waals surface area contributed by atoms with Crippen molar-refractivity contribution in [3.63, 3.8) is 0 Å². The molecule has 0 unspecified atom stereocenters. The number of thioether (sulfide) groups is 1. The Balaban J connectivity index is 1.47. The standard InChI is InChI=1S/C22H27FN2OS/c1-22(2,3)17-4-10-20(11-5-17)27-16-21(26)25-14-12-24(13-15-25)19-8-6-18(23)7-9-19/h4-11H,12-16H2,1-3H3. The molecule has 1 amide bonds. The molecule has 1 heterocycles. The summed E-state index contributed by atoms with van der Waals surface area (Å²) in [4.78, 5) is 17.8. The smallest absolute Gasteiger partial charge is 0.233 e. The zero-order valence-electron chi connectivity index (χ0n) is 16.2. The second kappa shape index (κ2) is 8.34. The Bertz CT molecular complexity index is 760. The number of hydrogen-bond acceptors (Lipinski definition) is 3. The SMILES string of the molecule is CC(C)(C)c1ccc(SCC(=O)N2CCN(c3ccc(F)cc3)CC2)cc1. The fraction of sp³-hybridized carbons (Fsp3) is 0.409. The molecule has 3 nitrogen and oxygen atoms in total. The summed E-state index contributed by atoms with van der Waals surface area (Å²) >= 11 is 1.59. The van der Waals surface area contributed by atoms with Gasteiger partial charge in [-0.3, -0.25) is 4.79 Å². The topological polar surface area (TPSA) is 23.6 Å². The van der Waals surface area contributed by atoms with Crippen molar-refractivity contribution in [2.75, 3.05) is 36.8 Å². The number of hydrogen-bond donors (Lipinski definition) is 0. The number of piperazine rings is 1. The summed E-state index contributed by atoms with van der Waals surface area (Å²) in [5.41, 5.74) is 2.45. The summed E-state index contributed by atoms with van der Waals surface area (Å²) in [7, 11) is 0. The number of carbonyl (C=O) groups is 1. The highest BCUT2D eigenvalue weighted by molar-refractivity contribution is 8.00. The van der Waals surface area contributed by atoms with Gasteiger partial charge in [-0.25, -0.2) is 4.39 Å². The first-order valence-corrected chi connectivity index (χ1v) is 10.3. The highest BCUT2D eigenvalue weighted by Crippen LogP contribution is 2.26. The van der Waals surface area contributed by atoms with Gasteiger partial charge in [0.25, 0.3) is 0 Å². The first kappa shape index (κ1) is 19.7. The van der Waals surface area contributed by atoms with Gasteiger partial charge < -0.3 is 9.80 Å². The molecule has 1 saturated heterocycles. The van der Waals surface area contributed by atoms with E-state index < -0.39 is 0 Å². The molecule has 144 valence electrons. The highest BCUT2D eigenvalue weighted by atomic mass is 32.2. The van der Waals surface area contributed by atoms with Crippen LogP contribution >= 0.6 is 11.8 Å². The van der Waals surface area contributed by atoms with Crippen LogP contribution in [-0.2, 0) is 10.2 Å². The zero-order valence-corrected chi connectivity index (χ0v) is 17.1. The number of nitrogens with zero attached hydrogens (tertiary/aromatic N) is 2. The Morgan fingerprint density at radius 3 is 2.11 bits per heavy atom. The molecule has 2 aromatic rings. The molecule has 0 saturated carbocycles. The van der Waals surface area contributed by atoms with Crippen LogP contribution in [0.15, 0.2) is 53.4 Å². The second-order valence-corrected chi connectivity index (χ2v) is 8.96. The van der Waals surface area contributed by atoms with E-state index in [9.17, 15) is 9.18 Å². The molecule has 1 aliphatic rings. The van der Waals surface area contributed by atoms with Gasteiger partial charge in [-0.2, -0.15) is 0 Å². The summed E-state index contributed by atoms with van der Waals surface area (Å²) in [5.74, 6) is 0.421. The van der Waals surface area contributed by atoms with Crippen LogP contribution < -0.4 is 4.90 Å². The number of carbonyl (C=O) groups excluding carboxylic acids is 1. The fourth-order valence-electron chi connectivity index (χ4n) is 3.15. The minimum atomic E-state index is -0.222. The van der Waals surface area contributed by atoms with Crippen molar-refractivity contribution in [3.8, 4) is 0 Å². The Morgan fingerprint density at radius 1 is 0.963 bits per heavy atom. The summed E-state index contributed by atoms with van der Waals surface area (Å²) < 4.78 is 13.1. The fourth-order valence-corrected chi connectivity index (χ4v) is 3.95. The van der Waals surface area contributed by atoms with Gasteiger partial charge in [0.1, 0.15) is 5.82 Å². The monoisotopic (exact) mass is 386 g/mol. The van der Waals surface area contributed by atoms with E-state index in [1.807, 2.05) is 4.90 Å². The maximum Gasteiger partial charge on any atom is 0.233 e. The lowest BCUT2D eigenvalue weighted by molar-refractivity contribution is -0.128. The molecule has 0 radical (unpaired) electrons. The van der Waals surface area contributed by atoms with Crippen LogP contribution in [0.4, 0.5) is 10.1 Å². The highest BCUT2D eigenvalue weighted by Gasteiger charge is 2.21. The van der Waals surface area contributed by atoms with Crippen molar-refractivity contribution >= 4 is 23.4 Å². The zero-order chi connectivity index (χ0) is 19.4. The average molecular weight is 387 g/mol. The lowest BCUT2D eigenvalue weighted by Gasteiger charge is -2.36. The van der Waals surface area contributed by atoms with E-state index in [0.29, 0.717) is 18.8 Å². The normalized spacial score (nSPS) is 15.1. The maximum atomic E-state index is 13.1. The summed E-state index contributed by atoms with van der Waals surface area (Å²) in [6.45, 7) is 9.57. The molecule has 0 atom stereocenters. The van der Waals surface area contributed by atoms with E-state index in [-0.39, 0.29) is 17.1 Å². The van der Waals surface area contributed by atoms with E-state index >= 15 is 0 Å². The molecular weight excluding hydrogens is 359 g/mol. The molecule has 0 N–H and O–H groups in total. The molecule has 5 heteroatoms. The molecule has 2 aromatic carbocycles. The van der Waals surface area contributed by atoms with E-state index in [1.54, 1.807) is 23.9 Å². The lowest BCUT2D eigenvalue weighted by atomic mass is 9.87. The van der Waals surface area contributed by atoms with Crippen molar-refractivity contribution in [2.45, 2.75) is 31.1 Å². The molecule has 27 heavy (non-hydrogen) atoms. The van der Waals surface area contributed by atoms with Crippen LogP contribution in [0.1, 0.15) is 26.3 Å². The van der Waals surface area contributed by atoms with Crippen LogP contribution in [0.3, 0.4) is 0 Å². The van der Waals surface area contributed by atoms with Crippen LogP contribution in [0.25, 0.3) is 0 Å². The quantitative estimate of drug-likeness (QED) is 0.720. The Kier molecular flexibility index (Phi) is 6.10. The van der Waals surface area contributed by atoms with Gasteiger partial charge in [0.15, 0.2) is 0 Å². The molecule has 0 bridgehead atoms. The third-order valence-corrected chi connectivity index (χ3v) is 5.90. The molecule has 0 aliphatic carbocycles. The van der Waals surface area contributed by atoms with Gasteiger partial charge in [0, 0.05) is 36.8 Å². The number of rotatable bonds is 4. The third kappa shape index (κ3) is 5.25. The van der Waals surface area contributed by atoms with E-state index in [2.05, 4.69) is 49.9 Å². The largest absolute Gasteiger partial charge is 0.368 e. The Labute approximate surface area is 165 Å². The first-order chi connectivity index (χ1) is 12.8. The van der Waals surface area contributed by atoms with Gasteiger partial charge in [-0.05, 0) is 47.4 Å². The molecule has 0 spiro atoms. The summed E-state index contributed by atoms with van der Waals surface area (Å²) in [6.07, 6.45) is 0. The van der Waals surface area contributed by atoms with Crippen LogP contribution in [0.5, 0.6) is 0 Å². The van der Waals surface area contributed by atoms with Crippen molar-refractivity contribution < 1.29 is 9.18 Å². The Morgan fingerprint density at radius 2 is 1.56 bits per heavy atom. The van der Waals surface area contributed by atoms with Crippen molar-refractivity contribution in [3.05, 3.63) is 59.9 Å². The molecule has 0 aromatic heterocycles. The molecule has 1 fully saturated rings. The van der Waals surface area contributed by atoms with Crippen LogP contribution in [-0.4, -0.2) is 42.7 Å². The maximum absolute atomic E-state index is 13.1. The van der Waals surface area contributed by atoms with Crippen LogP contribution in [0.2, 0.25) is 0 Å². The second-order valence-electron chi connectivity index (χ2n) is 7.91. The molecule has 3 rings (SSSR count). The predicted octanol–water partition coefficient (Wildman–Crippen LogP) is 4.56. The van der Waals surface area contributed by atoms with E-state index in [4.69, 9.17) is 0 Å². The average Bonchev–Trinajstić information content (AvgIpc) is 2.66. The van der Waals surface area contributed by atoms with E-state index in [1.165, 1.54) is 17.7 Å². The first-order valence-electron chi connectivity index (χ1n) is 9.34. The summed E-state index contributed by atoms with van der Waals surface area (Å²) in [6, 6.07) is 15.1. The predicted molar refractivity (Wildman–Crippen MR) is 111 cm³/mol. The van der Waals surface area contributed by atoms with E-state index in [0.717, 1.165) is 23.7 Å². The van der Waals surface area contributed by atoms with Gasteiger partial charge >= 0.3 is 0 Å². The van der Waals surface area contributed by atoms with Crippen molar-refractivity contribution in [1.82, 2.24) is 4.90 Å².